The highest BCUT2D eigenvalue weighted by molar-refractivity contribution is 6.26. The van der Waals surface area contributed by atoms with Crippen molar-refractivity contribution in [3.63, 3.8) is 0 Å². The van der Waals surface area contributed by atoms with Crippen LogP contribution in [-0.2, 0) is 0 Å². The van der Waals surface area contributed by atoms with E-state index >= 15 is 0 Å². The third kappa shape index (κ3) is 2.80. The van der Waals surface area contributed by atoms with Crippen LogP contribution in [0.2, 0.25) is 0 Å². The summed E-state index contributed by atoms with van der Waals surface area (Å²) in [6, 6.07) is 47.8. The molecule has 0 heterocycles. The summed E-state index contributed by atoms with van der Waals surface area (Å²) in [5, 5.41) is 16.9. The SMILES string of the molecule is N#Cc1ccc(-c2c3ccccc3c(-c3ccc4c5c(cccc35)-c3ccccc3-4)c3ccccc23)cc1. The van der Waals surface area contributed by atoms with E-state index in [-0.39, 0.29) is 0 Å². The van der Waals surface area contributed by atoms with E-state index in [0.717, 1.165) is 5.56 Å². The van der Waals surface area contributed by atoms with Gasteiger partial charge in [0.1, 0.15) is 0 Å². The van der Waals surface area contributed by atoms with Crippen LogP contribution in [0, 0.1) is 11.3 Å². The van der Waals surface area contributed by atoms with Crippen molar-refractivity contribution in [2.75, 3.05) is 0 Å². The van der Waals surface area contributed by atoms with Crippen LogP contribution in [0.25, 0.3) is 76.8 Å². The predicted octanol–water partition coefficient (Wildman–Crippen LogP) is 10.00. The zero-order valence-corrected chi connectivity index (χ0v) is 20.6. The lowest BCUT2D eigenvalue weighted by Gasteiger charge is -2.19. The summed E-state index contributed by atoms with van der Waals surface area (Å²) in [6.07, 6.45) is 0. The minimum atomic E-state index is 0.674. The van der Waals surface area contributed by atoms with Crippen LogP contribution < -0.4 is 0 Å². The smallest absolute Gasteiger partial charge is 0.0991 e. The first kappa shape index (κ1) is 20.9. The Morgan fingerprint density at radius 3 is 1.45 bits per heavy atom. The van der Waals surface area contributed by atoms with E-state index in [9.17, 15) is 5.26 Å². The largest absolute Gasteiger partial charge is 0.192 e. The van der Waals surface area contributed by atoms with Crippen molar-refractivity contribution >= 4 is 32.3 Å². The van der Waals surface area contributed by atoms with E-state index in [0.29, 0.717) is 5.56 Å². The van der Waals surface area contributed by atoms with E-state index in [4.69, 9.17) is 0 Å². The third-order valence-electron chi connectivity index (χ3n) is 8.05. The standard InChI is InChI=1S/C37H21N/c38-22-23-16-18-24(19-17-23)35-28-10-3-5-12-30(28)37(31-13-6-4-11-29(31)35)34-21-20-33-26-9-2-1-8-25(26)27-14-7-15-32(34)36(27)33/h1-21H. The monoisotopic (exact) mass is 479 g/mol. The molecule has 1 aliphatic carbocycles. The van der Waals surface area contributed by atoms with Crippen LogP contribution in [0.4, 0.5) is 0 Å². The highest BCUT2D eigenvalue weighted by atomic mass is 14.3. The van der Waals surface area contributed by atoms with Crippen LogP contribution in [-0.4, -0.2) is 0 Å². The molecule has 7 aromatic rings. The molecule has 0 unspecified atom stereocenters. The lowest BCUT2D eigenvalue weighted by atomic mass is 9.84. The first-order chi connectivity index (χ1) is 18.8. The molecule has 0 bridgehead atoms. The van der Waals surface area contributed by atoms with E-state index in [1.54, 1.807) is 0 Å². The van der Waals surface area contributed by atoms with E-state index in [1.807, 2.05) is 12.1 Å². The van der Waals surface area contributed by atoms with Crippen LogP contribution in [0.15, 0.2) is 127 Å². The highest BCUT2D eigenvalue weighted by Gasteiger charge is 2.24. The van der Waals surface area contributed by atoms with Gasteiger partial charge in [0.2, 0.25) is 0 Å². The predicted molar refractivity (Wildman–Crippen MR) is 159 cm³/mol. The second-order valence-corrected chi connectivity index (χ2v) is 9.96. The summed E-state index contributed by atoms with van der Waals surface area (Å²) in [4.78, 5) is 0. The molecular formula is C37H21N. The number of hydrogen-bond acceptors (Lipinski definition) is 1. The maximum absolute atomic E-state index is 9.34. The van der Waals surface area contributed by atoms with Gasteiger partial charge >= 0.3 is 0 Å². The quantitative estimate of drug-likeness (QED) is 0.226. The summed E-state index contributed by atoms with van der Waals surface area (Å²) < 4.78 is 0. The van der Waals surface area contributed by atoms with Gasteiger partial charge in [-0.1, -0.05) is 115 Å². The van der Waals surface area contributed by atoms with Gasteiger partial charge in [-0.2, -0.15) is 5.26 Å². The maximum Gasteiger partial charge on any atom is 0.0991 e. The van der Waals surface area contributed by atoms with Crippen LogP contribution in [0.5, 0.6) is 0 Å². The summed E-state index contributed by atoms with van der Waals surface area (Å²) in [5.74, 6) is 0. The molecule has 0 aliphatic heterocycles. The Hall–Kier alpha value is -5.19. The number of fused-ring (bicyclic) bond motifs is 5. The molecular weight excluding hydrogens is 458 g/mol. The Morgan fingerprint density at radius 2 is 0.842 bits per heavy atom. The normalized spacial score (nSPS) is 11.7. The van der Waals surface area contributed by atoms with Crippen LogP contribution in [0.1, 0.15) is 5.56 Å². The van der Waals surface area contributed by atoms with Gasteiger partial charge in [-0.25, -0.2) is 0 Å². The van der Waals surface area contributed by atoms with Crippen molar-refractivity contribution in [2.24, 2.45) is 0 Å². The first-order valence-electron chi connectivity index (χ1n) is 12.9. The van der Waals surface area contributed by atoms with Crippen LogP contribution >= 0.6 is 0 Å². The van der Waals surface area contributed by atoms with Gasteiger partial charge in [0.05, 0.1) is 11.6 Å². The molecule has 8 rings (SSSR count). The summed E-state index contributed by atoms with van der Waals surface area (Å²) in [6.45, 7) is 0. The Balaban J connectivity index is 1.51. The fraction of sp³-hybridized carbons (Fsp3) is 0. The molecule has 0 N–H and O–H groups in total. The molecule has 0 saturated carbocycles. The van der Waals surface area contributed by atoms with Gasteiger partial charge in [0.15, 0.2) is 0 Å². The fourth-order valence-corrected chi connectivity index (χ4v) is 6.47. The summed E-state index contributed by atoms with van der Waals surface area (Å²) >= 11 is 0. The third-order valence-corrected chi connectivity index (χ3v) is 8.05. The molecule has 0 amide bonds. The van der Waals surface area contributed by atoms with Crippen LogP contribution in [0.3, 0.4) is 0 Å². The Morgan fingerprint density at radius 1 is 0.368 bits per heavy atom. The molecule has 174 valence electrons. The maximum atomic E-state index is 9.34. The summed E-state index contributed by atoms with van der Waals surface area (Å²) in [7, 11) is 0. The lowest BCUT2D eigenvalue weighted by molar-refractivity contribution is 1.49. The van der Waals surface area contributed by atoms with Gasteiger partial charge in [-0.3, -0.25) is 0 Å². The number of rotatable bonds is 2. The molecule has 0 aromatic heterocycles. The van der Waals surface area contributed by atoms with Gasteiger partial charge in [0, 0.05) is 0 Å². The Labute approximate surface area is 220 Å². The molecule has 0 spiro atoms. The van der Waals surface area contributed by atoms with Crippen molar-refractivity contribution in [1.82, 2.24) is 0 Å². The van der Waals surface area contributed by atoms with Gasteiger partial charge in [-0.05, 0) is 89.0 Å². The second kappa shape index (κ2) is 7.90. The van der Waals surface area contributed by atoms with E-state index < -0.39 is 0 Å². The van der Waals surface area contributed by atoms with E-state index in [1.165, 1.54) is 71.3 Å². The average Bonchev–Trinajstić information content (AvgIpc) is 3.32. The molecule has 0 radical (unpaired) electrons. The number of nitrogens with zero attached hydrogens (tertiary/aromatic N) is 1. The molecule has 1 nitrogen and oxygen atoms in total. The Bertz CT molecular complexity index is 2040. The van der Waals surface area contributed by atoms with Crippen molar-refractivity contribution in [2.45, 2.75) is 0 Å². The topological polar surface area (TPSA) is 23.8 Å². The first-order valence-corrected chi connectivity index (χ1v) is 12.9. The van der Waals surface area contributed by atoms with Crippen molar-refractivity contribution in [1.29, 1.82) is 5.26 Å². The minimum Gasteiger partial charge on any atom is -0.192 e. The highest BCUT2D eigenvalue weighted by Crippen LogP contribution is 2.51. The zero-order valence-electron chi connectivity index (χ0n) is 20.6. The van der Waals surface area contributed by atoms with Crippen molar-refractivity contribution < 1.29 is 0 Å². The van der Waals surface area contributed by atoms with E-state index in [2.05, 4.69) is 121 Å². The molecule has 7 aromatic carbocycles. The fourth-order valence-electron chi connectivity index (χ4n) is 6.47. The van der Waals surface area contributed by atoms with Crippen molar-refractivity contribution in [3.05, 3.63) is 133 Å². The Kier molecular flexibility index (Phi) is 4.36. The lowest BCUT2D eigenvalue weighted by Crippen LogP contribution is -1.92. The van der Waals surface area contributed by atoms with Gasteiger partial charge in [0.25, 0.3) is 0 Å². The number of hydrogen-bond donors (Lipinski definition) is 0. The second-order valence-electron chi connectivity index (χ2n) is 9.96. The molecule has 0 fully saturated rings. The zero-order chi connectivity index (χ0) is 25.2. The van der Waals surface area contributed by atoms with Crippen molar-refractivity contribution in [3.8, 4) is 50.6 Å². The van der Waals surface area contributed by atoms with Gasteiger partial charge < -0.3 is 0 Å². The molecule has 1 aliphatic rings. The van der Waals surface area contributed by atoms with Gasteiger partial charge in [-0.15, -0.1) is 0 Å². The number of benzene rings is 7. The minimum absolute atomic E-state index is 0.674. The molecule has 1 heteroatoms. The molecule has 0 saturated heterocycles. The average molecular weight is 480 g/mol. The number of nitriles is 1. The molecule has 38 heavy (non-hydrogen) atoms. The molecule has 0 atom stereocenters. The summed E-state index contributed by atoms with van der Waals surface area (Å²) in [5.41, 5.74) is 10.8.